The van der Waals surface area contributed by atoms with Crippen LogP contribution in [0.2, 0.25) is 0 Å². The molecule has 120 valence electrons. The average Bonchev–Trinajstić information content (AvgIpc) is 2.78. The molecular weight excluding hydrogens is 351 g/mol. The molecular formula is C12H8ClF5N2OS. The van der Waals surface area contributed by atoms with E-state index in [1.54, 1.807) is 0 Å². The van der Waals surface area contributed by atoms with Crippen LogP contribution in [0, 0.1) is 0 Å². The first-order valence-corrected chi connectivity index (χ1v) is 7.16. The van der Waals surface area contributed by atoms with Gasteiger partial charge in [-0.3, -0.25) is 4.79 Å². The van der Waals surface area contributed by atoms with Crippen LogP contribution < -0.4 is 4.90 Å². The summed E-state index contributed by atoms with van der Waals surface area (Å²) >= 11 is 6.70. The van der Waals surface area contributed by atoms with Crippen LogP contribution in [0.15, 0.2) is 29.3 Å². The lowest BCUT2D eigenvalue weighted by Crippen LogP contribution is -2.26. The quantitative estimate of drug-likeness (QED) is 0.592. The van der Waals surface area contributed by atoms with Gasteiger partial charge in [0.1, 0.15) is 4.71 Å². The molecule has 1 aromatic carbocycles. The fourth-order valence-electron chi connectivity index (χ4n) is 1.73. The summed E-state index contributed by atoms with van der Waals surface area (Å²) in [7, 11) is 0. The Morgan fingerprint density at radius 1 is 1.41 bits per heavy atom. The summed E-state index contributed by atoms with van der Waals surface area (Å²) < 4.78 is 62.0. The zero-order valence-electron chi connectivity index (χ0n) is 10.6. The lowest BCUT2D eigenvalue weighted by atomic mass is 10.2. The summed E-state index contributed by atoms with van der Waals surface area (Å²) in [5.74, 6) is -1.66. The van der Waals surface area contributed by atoms with Gasteiger partial charge in [-0.1, -0.05) is 17.8 Å². The van der Waals surface area contributed by atoms with Gasteiger partial charge in [-0.25, -0.2) is 0 Å². The second kappa shape index (κ2) is 6.41. The number of halogens is 6. The average molecular weight is 359 g/mol. The predicted molar refractivity (Wildman–Crippen MR) is 74.5 cm³/mol. The molecule has 1 fully saturated rings. The first-order valence-electron chi connectivity index (χ1n) is 5.84. The molecule has 1 heterocycles. The minimum Gasteiger partial charge on any atom is -0.318 e. The van der Waals surface area contributed by atoms with Crippen LogP contribution in [0.25, 0.3) is 0 Å². The Bertz CT molecular complexity index is 607. The third-order valence-corrected chi connectivity index (χ3v) is 4.00. The van der Waals surface area contributed by atoms with Gasteiger partial charge in [0.15, 0.2) is 5.17 Å². The van der Waals surface area contributed by atoms with E-state index in [4.69, 9.17) is 11.6 Å². The number of nitrogens with zero attached hydrogens (tertiary/aromatic N) is 2. The van der Waals surface area contributed by atoms with Crippen LogP contribution in [0.4, 0.5) is 27.6 Å². The number of benzene rings is 1. The molecule has 0 aliphatic carbocycles. The van der Waals surface area contributed by atoms with Crippen molar-refractivity contribution in [2.24, 2.45) is 4.99 Å². The van der Waals surface area contributed by atoms with Gasteiger partial charge in [-0.15, -0.1) is 11.6 Å². The second-order valence-electron chi connectivity index (χ2n) is 4.22. The number of hydrogen-bond donors (Lipinski definition) is 0. The Morgan fingerprint density at radius 3 is 2.68 bits per heavy atom. The van der Waals surface area contributed by atoms with Crippen molar-refractivity contribution in [2.45, 2.75) is 17.3 Å². The molecule has 0 N–H and O–H groups in total. The smallest absolute Gasteiger partial charge is 0.318 e. The number of hydrogen-bond acceptors (Lipinski definition) is 2. The lowest BCUT2D eigenvalue weighted by molar-refractivity contribution is -0.137. The van der Waals surface area contributed by atoms with E-state index in [1.165, 1.54) is 17.0 Å². The SMILES string of the molecule is O=C(N=C1SC(Cl)CN1c1cccc(C(F)(F)F)c1)C(F)F. The third-order valence-electron chi connectivity index (χ3n) is 2.67. The minimum absolute atomic E-state index is 0.0445. The van der Waals surface area contributed by atoms with Gasteiger partial charge in [-0.05, 0) is 18.2 Å². The first-order chi connectivity index (χ1) is 10.2. The van der Waals surface area contributed by atoms with Gasteiger partial charge < -0.3 is 4.90 Å². The summed E-state index contributed by atoms with van der Waals surface area (Å²) in [5.41, 5.74) is -0.821. The van der Waals surface area contributed by atoms with E-state index < -0.39 is 28.8 Å². The summed E-state index contributed by atoms with van der Waals surface area (Å²) in [6, 6.07) is 4.26. The zero-order chi connectivity index (χ0) is 16.5. The Labute approximate surface area is 131 Å². The molecule has 1 aromatic rings. The normalized spacial score (nSPS) is 21.0. The Morgan fingerprint density at radius 2 is 2.09 bits per heavy atom. The monoisotopic (exact) mass is 358 g/mol. The molecule has 3 nitrogen and oxygen atoms in total. The summed E-state index contributed by atoms with van der Waals surface area (Å²) in [4.78, 5) is 15.4. The molecule has 0 saturated carbocycles. The molecule has 1 unspecified atom stereocenters. The number of carbonyl (C=O) groups is 1. The highest BCUT2D eigenvalue weighted by molar-refractivity contribution is 8.16. The molecule has 2 rings (SSSR count). The van der Waals surface area contributed by atoms with Gasteiger partial charge in [-0.2, -0.15) is 26.9 Å². The van der Waals surface area contributed by atoms with E-state index in [-0.39, 0.29) is 17.4 Å². The summed E-state index contributed by atoms with van der Waals surface area (Å²) in [5, 5.41) is -0.148. The van der Waals surface area contributed by atoms with Gasteiger partial charge in [0.25, 0.3) is 0 Å². The van der Waals surface area contributed by atoms with E-state index >= 15 is 0 Å². The van der Waals surface area contributed by atoms with Crippen LogP contribution >= 0.6 is 23.4 Å². The van der Waals surface area contributed by atoms with Crippen molar-refractivity contribution >= 4 is 40.1 Å². The van der Waals surface area contributed by atoms with Gasteiger partial charge in [0.05, 0.1) is 12.1 Å². The van der Waals surface area contributed by atoms with E-state index in [0.717, 1.165) is 23.9 Å². The number of aliphatic imine (C=N–C) groups is 1. The van der Waals surface area contributed by atoms with Crippen LogP contribution in [0.5, 0.6) is 0 Å². The van der Waals surface area contributed by atoms with Crippen molar-refractivity contribution in [1.82, 2.24) is 0 Å². The Kier molecular flexibility index (Phi) is 4.96. The Balaban J connectivity index is 2.35. The van der Waals surface area contributed by atoms with Crippen molar-refractivity contribution in [1.29, 1.82) is 0 Å². The molecule has 0 bridgehead atoms. The highest BCUT2D eigenvalue weighted by Crippen LogP contribution is 2.36. The van der Waals surface area contributed by atoms with Crippen molar-refractivity contribution in [2.75, 3.05) is 11.4 Å². The number of amides is 1. The van der Waals surface area contributed by atoms with Gasteiger partial charge >= 0.3 is 18.5 Å². The maximum absolute atomic E-state index is 12.7. The first kappa shape index (κ1) is 17.0. The number of alkyl halides is 6. The van der Waals surface area contributed by atoms with Crippen LogP contribution in [0.3, 0.4) is 0 Å². The number of rotatable bonds is 2. The fraction of sp³-hybridized carbons (Fsp3) is 0.333. The largest absolute Gasteiger partial charge is 0.416 e. The number of carbonyl (C=O) groups excluding carboxylic acids is 1. The number of thioether (sulfide) groups is 1. The minimum atomic E-state index is -4.54. The topological polar surface area (TPSA) is 32.7 Å². The summed E-state index contributed by atoms with van der Waals surface area (Å²) in [6.45, 7) is 0.0445. The molecule has 1 amide bonds. The van der Waals surface area contributed by atoms with Crippen LogP contribution in [-0.2, 0) is 11.0 Å². The van der Waals surface area contributed by atoms with E-state index in [1.807, 2.05) is 0 Å². The lowest BCUT2D eigenvalue weighted by Gasteiger charge is -2.19. The van der Waals surface area contributed by atoms with E-state index in [9.17, 15) is 26.7 Å². The molecule has 0 spiro atoms. The van der Waals surface area contributed by atoms with Crippen molar-refractivity contribution in [3.63, 3.8) is 0 Å². The van der Waals surface area contributed by atoms with Crippen molar-refractivity contribution in [3.05, 3.63) is 29.8 Å². The van der Waals surface area contributed by atoms with Crippen molar-refractivity contribution in [3.8, 4) is 0 Å². The molecule has 1 aliphatic rings. The second-order valence-corrected chi connectivity index (χ2v) is 6.18. The molecule has 1 aliphatic heterocycles. The predicted octanol–water partition coefficient (Wildman–Crippen LogP) is 3.97. The number of anilines is 1. The zero-order valence-corrected chi connectivity index (χ0v) is 12.2. The maximum Gasteiger partial charge on any atom is 0.416 e. The molecule has 0 aromatic heterocycles. The highest BCUT2D eigenvalue weighted by atomic mass is 35.5. The maximum atomic E-state index is 12.7. The summed E-state index contributed by atoms with van der Waals surface area (Å²) in [6.07, 6.45) is -7.83. The third kappa shape index (κ3) is 3.89. The molecule has 1 atom stereocenters. The van der Waals surface area contributed by atoms with E-state index in [2.05, 4.69) is 4.99 Å². The highest BCUT2D eigenvalue weighted by Gasteiger charge is 2.34. The fourth-order valence-corrected chi connectivity index (χ4v) is 3.01. The molecule has 22 heavy (non-hydrogen) atoms. The van der Waals surface area contributed by atoms with Crippen molar-refractivity contribution < 1.29 is 26.7 Å². The van der Waals surface area contributed by atoms with Gasteiger partial charge in [0, 0.05) is 5.69 Å². The number of amidine groups is 1. The van der Waals surface area contributed by atoms with Crippen LogP contribution in [0.1, 0.15) is 5.56 Å². The standard InChI is InChI=1S/C12H8ClF5N2OS/c13-8-5-20(11(22-8)19-10(21)9(14)15)7-3-1-2-6(4-7)12(16,17)18/h1-4,8-9H,5H2. The molecule has 0 radical (unpaired) electrons. The van der Waals surface area contributed by atoms with Crippen LogP contribution in [-0.4, -0.2) is 28.8 Å². The molecule has 1 saturated heterocycles. The molecule has 10 heteroatoms. The van der Waals surface area contributed by atoms with Gasteiger partial charge in [0.2, 0.25) is 0 Å². The Hall–Kier alpha value is -1.35. The van der Waals surface area contributed by atoms with E-state index in [0.29, 0.717) is 0 Å².